The first kappa shape index (κ1) is 17.9. The summed E-state index contributed by atoms with van der Waals surface area (Å²) in [7, 11) is 0. The summed E-state index contributed by atoms with van der Waals surface area (Å²) in [5, 5.41) is 35.0. The van der Waals surface area contributed by atoms with Gasteiger partial charge in [0.25, 0.3) is 0 Å². The van der Waals surface area contributed by atoms with Gasteiger partial charge >= 0.3 is 0 Å². The van der Waals surface area contributed by atoms with Crippen LogP contribution in [0.4, 0.5) is 5.69 Å². The predicted molar refractivity (Wildman–Crippen MR) is 96.3 cm³/mol. The van der Waals surface area contributed by atoms with Gasteiger partial charge in [-0.1, -0.05) is 6.07 Å². The lowest BCUT2D eigenvalue weighted by Gasteiger charge is -2.23. The highest BCUT2D eigenvalue weighted by Crippen LogP contribution is 2.40. The van der Waals surface area contributed by atoms with E-state index in [-0.39, 0.29) is 40.4 Å². The minimum absolute atomic E-state index is 0.0342. The Morgan fingerprint density at radius 3 is 2.04 bits per heavy atom. The molecule has 7 heteroatoms. The van der Waals surface area contributed by atoms with Crippen molar-refractivity contribution in [2.75, 3.05) is 31.6 Å². The zero-order valence-corrected chi connectivity index (χ0v) is 14.3. The Morgan fingerprint density at radius 1 is 0.808 bits per heavy atom. The average molecular weight is 356 g/mol. The van der Waals surface area contributed by atoms with E-state index in [1.807, 2.05) is 0 Å². The van der Waals surface area contributed by atoms with Gasteiger partial charge in [0.05, 0.1) is 23.3 Å². The van der Waals surface area contributed by atoms with Gasteiger partial charge in [-0.3, -0.25) is 9.59 Å². The summed E-state index contributed by atoms with van der Waals surface area (Å²) in [4.78, 5) is 25.9. The zero-order valence-electron chi connectivity index (χ0n) is 14.3. The van der Waals surface area contributed by atoms with E-state index in [9.17, 15) is 19.8 Å². The van der Waals surface area contributed by atoms with Gasteiger partial charge in [0.2, 0.25) is 0 Å². The van der Waals surface area contributed by atoms with E-state index in [0.29, 0.717) is 30.9 Å². The number of phenolic OH excluding ortho intramolecular Hbond substituents is 2. The maximum atomic E-state index is 13.0. The van der Waals surface area contributed by atoms with Crippen molar-refractivity contribution in [3.8, 4) is 11.5 Å². The number of hydrogen-bond donors (Lipinski definition) is 5. The standard InChI is InChI=1S/C19H20N2O5/c1-10-2-3-11(21-7-6-20-8-9-22)15-14(10)18(25)16-12(23)4-5-13(24)17(16)19(15)26/h2-5,20-24H,6-9H2,1H3. The molecule has 136 valence electrons. The smallest absolute Gasteiger partial charge is 0.200 e. The van der Waals surface area contributed by atoms with E-state index in [0.717, 1.165) is 0 Å². The minimum Gasteiger partial charge on any atom is -0.507 e. The molecule has 3 rings (SSSR count). The molecule has 0 unspecified atom stereocenters. The molecule has 1 aliphatic carbocycles. The number of phenols is 2. The van der Waals surface area contributed by atoms with Gasteiger partial charge in [-0.25, -0.2) is 0 Å². The lowest BCUT2D eigenvalue weighted by Crippen LogP contribution is -2.27. The minimum atomic E-state index is -0.502. The van der Waals surface area contributed by atoms with Crippen LogP contribution >= 0.6 is 0 Å². The lowest BCUT2D eigenvalue weighted by atomic mass is 9.80. The van der Waals surface area contributed by atoms with Gasteiger partial charge in [0.15, 0.2) is 11.6 Å². The summed E-state index contributed by atoms with van der Waals surface area (Å²) in [5.74, 6) is -1.65. The van der Waals surface area contributed by atoms with Crippen molar-refractivity contribution in [1.82, 2.24) is 5.32 Å². The van der Waals surface area contributed by atoms with Crippen LogP contribution < -0.4 is 10.6 Å². The van der Waals surface area contributed by atoms with Crippen LogP contribution in [0.25, 0.3) is 0 Å². The lowest BCUT2D eigenvalue weighted by molar-refractivity contribution is 0.0974. The zero-order chi connectivity index (χ0) is 18.8. The van der Waals surface area contributed by atoms with Gasteiger partial charge in [0, 0.05) is 30.9 Å². The van der Waals surface area contributed by atoms with Gasteiger partial charge in [-0.15, -0.1) is 0 Å². The monoisotopic (exact) mass is 356 g/mol. The fourth-order valence-electron chi connectivity index (χ4n) is 3.16. The number of carbonyl (C=O) groups excluding carboxylic acids is 2. The fourth-order valence-corrected chi connectivity index (χ4v) is 3.16. The number of carbonyl (C=O) groups is 2. The maximum absolute atomic E-state index is 13.0. The first-order valence-corrected chi connectivity index (χ1v) is 8.30. The Morgan fingerprint density at radius 2 is 1.42 bits per heavy atom. The molecule has 0 saturated carbocycles. The molecule has 0 spiro atoms. The van der Waals surface area contributed by atoms with Gasteiger partial charge in [0.1, 0.15) is 11.5 Å². The number of hydrogen-bond acceptors (Lipinski definition) is 7. The summed E-state index contributed by atoms with van der Waals surface area (Å²) in [5.41, 5.74) is 1.21. The normalized spacial score (nSPS) is 12.7. The average Bonchev–Trinajstić information content (AvgIpc) is 2.62. The molecule has 2 aromatic carbocycles. The summed E-state index contributed by atoms with van der Waals surface area (Å²) in [6, 6.07) is 5.86. The molecule has 0 saturated heterocycles. The third-order valence-electron chi connectivity index (χ3n) is 4.39. The second kappa shape index (κ2) is 7.15. The third kappa shape index (κ3) is 2.91. The Hall–Kier alpha value is -2.90. The van der Waals surface area contributed by atoms with Crippen molar-refractivity contribution in [3.05, 3.63) is 52.1 Å². The number of aliphatic hydroxyl groups excluding tert-OH is 1. The van der Waals surface area contributed by atoms with E-state index < -0.39 is 11.6 Å². The van der Waals surface area contributed by atoms with Crippen molar-refractivity contribution in [2.24, 2.45) is 0 Å². The molecule has 7 nitrogen and oxygen atoms in total. The number of nitrogens with one attached hydrogen (secondary N) is 2. The molecule has 0 aliphatic heterocycles. The molecule has 0 radical (unpaired) electrons. The second-order valence-electron chi connectivity index (χ2n) is 6.09. The van der Waals surface area contributed by atoms with Crippen molar-refractivity contribution in [3.63, 3.8) is 0 Å². The first-order valence-electron chi connectivity index (χ1n) is 8.30. The molecule has 2 aromatic rings. The Labute approximate surface area is 150 Å². The van der Waals surface area contributed by atoms with Crippen LogP contribution in [-0.2, 0) is 0 Å². The second-order valence-corrected chi connectivity index (χ2v) is 6.09. The molecule has 0 aromatic heterocycles. The molecule has 0 fully saturated rings. The SMILES string of the molecule is Cc1ccc(NCCNCCO)c2c1C(=O)c1c(O)ccc(O)c1C2=O. The van der Waals surface area contributed by atoms with Gasteiger partial charge in [-0.2, -0.15) is 0 Å². The van der Waals surface area contributed by atoms with Crippen LogP contribution in [0.1, 0.15) is 37.4 Å². The van der Waals surface area contributed by atoms with Crippen molar-refractivity contribution >= 4 is 17.3 Å². The molecule has 5 N–H and O–H groups in total. The summed E-state index contributed by atoms with van der Waals surface area (Å²) in [6.45, 7) is 3.27. The highest BCUT2D eigenvalue weighted by molar-refractivity contribution is 6.32. The van der Waals surface area contributed by atoms with E-state index in [1.54, 1.807) is 19.1 Å². The number of fused-ring (bicyclic) bond motifs is 2. The molecule has 0 amide bonds. The topological polar surface area (TPSA) is 119 Å². The quantitative estimate of drug-likeness (QED) is 0.332. The summed E-state index contributed by atoms with van der Waals surface area (Å²) < 4.78 is 0. The van der Waals surface area contributed by atoms with Crippen LogP contribution in [0.3, 0.4) is 0 Å². The van der Waals surface area contributed by atoms with Gasteiger partial charge < -0.3 is 26.0 Å². The third-order valence-corrected chi connectivity index (χ3v) is 4.39. The Balaban J connectivity index is 2.04. The van der Waals surface area contributed by atoms with Crippen LogP contribution in [0.2, 0.25) is 0 Å². The number of ketones is 2. The summed E-state index contributed by atoms with van der Waals surface area (Å²) >= 11 is 0. The number of rotatable bonds is 6. The predicted octanol–water partition coefficient (Wildman–Crippen LogP) is 1.18. The maximum Gasteiger partial charge on any atom is 0.200 e. The molecular weight excluding hydrogens is 336 g/mol. The first-order chi connectivity index (χ1) is 12.5. The van der Waals surface area contributed by atoms with Crippen molar-refractivity contribution in [2.45, 2.75) is 6.92 Å². The number of aromatic hydroxyl groups is 2. The van der Waals surface area contributed by atoms with E-state index >= 15 is 0 Å². The molecule has 1 aliphatic rings. The molecule has 0 heterocycles. The van der Waals surface area contributed by atoms with Crippen LogP contribution in [0.15, 0.2) is 24.3 Å². The van der Waals surface area contributed by atoms with E-state index in [2.05, 4.69) is 10.6 Å². The number of anilines is 1. The largest absolute Gasteiger partial charge is 0.507 e. The van der Waals surface area contributed by atoms with Crippen molar-refractivity contribution < 1.29 is 24.9 Å². The molecular formula is C19H20N2O5. The summed E-state index contributed by atoms with van der Waals surface area (Å²) in [6.07, 6.45) is 0. The highest BCUT2D eigenvalue weighted by Gasteiger charge is 2.37. The van der Waals surface area contributed by atoms with Crippen LogP contribution in [0, 0.1) is 6.92 Å². The fraction of sp³-hybridized carbons (Fsp3) is 0.263. The molecule has 0 atom stereocenters. The van der Waals surface area contributed by atoms with Gasteiger partial charge in [-0.05, 0) is 30.7 Å². The number of aliphatic hydroxyl groups is 1. The number of benzene rings is 2. The Bertz CT molecular complexity index is 892. The van der Waals surface area contributed by atoms with Crippen LogP contribution in [0.5, 0.6) is 11.5 Å². The molecule has 0 bridgehead atoms. The van der Waals surface area contributed by atoms with Crippen LogP contribution in [-0.4, -0.2) is 53.1 Å². The Kier molecular flexibility index (Phi) is 4.92. The van der Waals surface area contributed by atoms with Crippen molar-refractivity contribution in [1.29, 1.82) is 0 Å². The number of aryl methyl sites for hydroxylation is 1. The molecule has 26 heavy (non-hydrogen) atoms. The highest BCUT2D eigenvalue weighted by atomic mass is 16.3. The van der Waals surface area contributed by atoms with E-state index in [1.165, 1.54) is 12.1 Å². The van der Waals surface area contributed by atoms with E-state index in [4.69, 9.17) is 5.11 Å².